The zero-order valence-electron chi connectivity index (χ0n) is 12.8. The molecule has 2 aromatic carbocycles. The maximum atomic E-state index is 5.42. The summed E-state index contributed by atoms with van der Waals surface area (Å²) in [7, 11) is 0. The molecule has 0 aromatic heterocycles. The number of allylic oxidation sites excluding steroid dienone is 1. The number of hydrogen-bond acceptors (Lipinski definition) is 1. The fourth-order valence-electron chi connectivity index (χ4n) is 2.03. The quantitative estimate of drug-likeness (QED) is 0.795. The molecule has 0 spiro atoms. The average molecular weight is 267 g/mol. The first-order valence-electron chi connectivity index (χ1n) is 7.31. The molecule has 1 nitrogen and oxygen atoms in total. The number of hydrogen-bond donors (Lipinski definition) is 1. The minimum Gasteiger partial charge on any atom is -0.327 e. The molecule has 106 valence electrons. The van der Waals surface area contributed by atoms with Crippen molar-refractivity contribution in [1.29, 1.82) is 0 Å². The fourth-order valence-corrected chi connectivity index (χ4v) is 2.03. The molecule has 0 saturated heterocycles. The van der Waals surface area contributed by atoms with Gasteiger partial charge in [-0.25, -0.2) is 0 Å². The van der Waals surface area contributed by atoms with Gasteiger partial charge in [0.25, 0.3) is 0 Å². The normalized spacial score (nSPS) is 10.2. The maximum Gasteiger partial charge on any atom is 0.0106 e. The molecule has 1 heteroatoms. The van der Waals surface area contributed by atoms with E-state index in [1.165, 1.54) is 22.3 Å². The van der Waals surface area contributed by atoms with Crippen molar-refractivity contribution in [2.75, 3.05) is 6.54 Å². The molecule has 0 bridgehead atoms. The summed E-state index contributed by atoms with van der Waals surface area (Å²) in [5, 5.41) is 0. The van der Waals surface area contributed by atoms with Gasteiger partial charge in [0, 0.05) is 6.54 Å². The monoisotopic (exact) mass is 267 g/mol. The molecule has 0 aliphatic carbocycles. The van der Waals surface area contributed by atoms with E-state index in [9.17, 15) is 0 Å². The number of aryl methyl sites for hydroxylation is 1. The molecule has 0 aliphatic heterocycles. The smallest absolute Gasteiger partial charge is 0.0106 e. The average Bonchev–Trinajstić information content (AvgIpc) is 2.51. The van der Waals surface area contributed by atoms with Gasteiger partial charge in [-0.05, 0) is 35.6 Å². The molecule has 0 heterocycles. The second-order valence-electron chi connectivity index (χ2n) is 4.42. The van der Waals surface area contributed by atoms with Crippen LogP contribution in [0, 0.1) is 6.92 Å². The molecule has 2 aromatic rings. The Kier molecular flexibility index (Phi) is 7.38. The lowest BCUT2D eigenvalue weighted by Gasteiger charge is -2.06. The molecule has 0 fully saturated rings. The van der Waals surface area contributed by atoms with E-state index < -0.39 is 0 Å². The van der Waals surface area contributed by atoms with E-state index >= 15 is 0 Å². The van der Waals surface area contributed by atoms with Gasteiger partial charge in [-0.2, -0.15) is 0 Å². The van der Waals surface area contributed by atoms with E-state index in [0.29, 0.717) is 6.54 Å². The number of rotatable bonds is 4. The molecule has 2 rings (SSSR count). The van der Waals surface area contributed by atoms with E-state index in [1.54, 1.807) is 0 Å². The SMILES string of the molecule is CC.Cc1ccccc1-c1ccc(C/C=C\CN)cc1. The lowest BCUT2D eigenvalue weighted by atomic mass is 9.99. The summed E-state index contributed by atoms with van der Waals surface area (Å²) in [4.78, 5) is 0. The Labute approximate surface area is 123 Å². The van der Waals surface area contributed by atoms with Crippen LogP contribution in [0.3, 0.4) is 0 Å². The van der Waals surface area contributed by atoms with Crippen LogP contribution in [0.4, 0.5) is 0 Å². The van der Waals surface area contributed by atoms with Crippen LogP contribution in [0.15, 0.2) is 60.7 Å². The summed E-state index contributed by atoms with van der Waals surface area (Å²) in [6, 6.07) is 17.2. The van der Waals surface area contributed by atoms with Gasteiger partial charge in [-0.3, -0.25) is 0 Å². The van der Waals surface area contributed by atoms with E-state index in [0.717, 1.165) is 6.42 Å². The predicted molar refractivity (Wildman–Crippen MR) is 89.9 cm³/mol. The standard InChI is InChI=1S/C17H19N.C2H6/c1-14-6-2-3-8-17(14)16-11-9-15(10-12-16)7-4-5-13-18;1-2/h2-6,8-12H,7,13,18H2,1H3;1-2H3/b5-4-;. The zero-order valence-corrected chi connectivity index (χ0v) is 12.8. The molecular weight excluding hydrogens is 242 g/mol. The van der Waals surface area contributed by atoms with Crippen molar-refractivity contribution in [3.8, 4) is 11.1 Å². The van der Waals surface area contributed by atoms with Gasteiger partial charge in [0.1, 0.15) is 0 Å². The Morgan fingerprint density at radius 1 is 0.900 bits per heavy atom. The van der Waals surface area contributed by atoms with Gasteiger partial charge >= 0.3 is 0 Å². The van der Waals surface area contributed by atoms with Crippen molar-refractivity contribution < 1.29 is 0 Å². The first-order valence-corrected chi connectivity index (χ1v) is 7.31. The summed E-state index contributed by atoms with van der Waals surface area (Å²) < 4.78 is 0. The van der Waals surface area contributed by atoms with E-state index in [-0.39, 0.29) is 0 Å². The van der Waals surface area contributed by atoms with Crippen molar-refractivity contribution >= 4 is 0 Å². The first kappa shape index (κ1) is 16.2. The van der Waals surface area contributed by atoms with Crippen LogP contribution < -0.4 is 5.73 Å². The van der Waals surface area contributed by atoms with Gasteiger partial charge in [0.2, 0.25) is 0 Å². The second kappa shape index (κ2) is 9.11. The minimum absolute atomic E-state index is 0.612. The molecule has 20 heavy (non-hydrogen) atoms. The molecule has 0 radical (unpaired) electrons. The van der Waals surface area contributed by atoms with Crippen LogP contribution in [0.5, 0.6) is 0 Å². The molecule has 2 N–H and O–H groups in total. The topological polar surface area (TPSA) is 26.0 Å². The lowest BCUT2D eigenvalue weighted by molar-refractivity contribution is 1.20. The van der Waals surface area contributed by atoms with E-state index in [2.05, 4.69) is 61.5 Å². The molecule has 0 atom stereocenters. The summed E-state index contributed by atoms with van der Waals surface area (Å²) in [6.45, 7) is 6.76. The lowest BCUT2D eigenvalue weighted by Crippen LogP contribution is -1.92. The Morgan fingerprint density at radius 2 is 1.55 bits per heavy atom. The molecule has 0 aliphatic rings. The third-order valence-corrected chi connectivity index (χ3v) is 3.07. The van der Waals surface area contributed by atoms with Crippen molar-refractivity contribution in [1.82, 2.24) is 0 Å². The molecule has 0 amide bonds. The van der Waals surface area contributed by atoms with Crippen molar-refractivity contribution in [3.05, 3.63) is 71.8 Å². The summed E-state index contributed by atoms with van der Waals surface area (Å²) in [6.07, 6.45) is 5.06. The van der Waals surface area contributed by atoms with Crippen LogP contribution >= 0.6 is 0 Å². The highest BCUT2D eigenvalue weighted by Crippen LogP contribution is 2.23. The second-order valence-corrected chi connectivity index (χ2v) is 4.42. The van der Waals surface area contributed by atoms with Gasteiger partial charge in [0.05, 0.1) is 0 Å². The Morgan fingerprint density at radius 3 is 2.15 bits per heavy atom. The summed E-state index contributed by atoms with van der Waals surface area (Å²) in [5.41, 5.74) is 10.6. The molecular formula is C19H25N. The third-order valence-electron chi connectivity index (χ3n) is 3.07. The summed E-state index contributed by atoms with van der Waals surface area (Å²) in [5.74, 6) is 0. The first-order chi connectivity index (χ1) is 9.81. The van der Waals surface area contributed by atoms with Crippen LogP contribution in [0.25, 0.3) is 11.1 Å². The fraction of sp³-hybridized carbons (Fsp3) is 0.263. The highest BCUT2D eigenvalue weighted by Gasteiger charge is 2.00. The Bertz CT molecular complexity index is 524. The van der Waals surface area contributed by atoms with E-state index in [4.69, 9.17) is 5.73 Å². The molecule has 0 saturated carbocycles. The van der Waals surface area contributed by atoms with Gasteiger partial charge in [-0.15, -0.1) is 0 Å². The van der Waals surface area contributed by atoms with Crippen molar-refractivity contribution in [2.24, 2.45) is 5.73 Å². The Hall–Kier alpha value is -1.86. The number of nitrogens with two attached hydrogens (primary N) is 1. The largest absolute Gasteiger partial charge is 0.327 e. The molecule has 0 unspecified atom stereocenters. The van der Waals surface area contributed by atoms with E-state index in [1.807, 2.05) is 19.9 Å². The van der Waals surface area contributed by atoms with Crippen LogP contribution in [0.1, 0.15) is 25.0 Å². The zero-order chi connectivity index (χ0) is 14.8. The number of benzene rings is 2. The Balaban J connectivity index is 0.000000956. The van der Waals surface area contributed by atoms with Gasteiger partial charge < -0.3 is 5.73 Å². The minimum atomic E-state index is 0.612. The van der Waals surface area contributed by atoms with Crippen LogP contribution in [-0.4, -0.2) is 6.54 Å². The summed E-state index contributed by atoms with van der Waals surface area (Å²) >= 11 is 0. The van der Waals surface area contributed by atoms with Crippen LogP contribution in [0.2, 0.25) is 0 Å². The predicted octanol–water partition coefficient (Wildman–Crippen LogP) is 4.75. The highest BCUT2D eigenvalue weighted by molar-refractivity contribution is 5.67. The van der Waals surface area contributed by atoms with Crippen molar-refractivity contribution in [2.45, 2.75) is 27.2 Å². The highest BCUT2D eigenvalue weighted by atomic mass is 14.5. The van der Waals surface area contributed by atoms with Crippen molar-refractivity contribution in [3.63, 3.8) is 0 Å². The maximum absolute atomic E-state index is 5.42. The van der Waals surface area contributed by atoms with Gasteiger partial charge in [-0.1, -0.05) is 74.5 Å². The van der Waals surface area contributed by atoms with Gasteiger partial charge in [0.15, 0.2) is 0 Å². The third kappa shape index (κ3) is 4.67. The van der Waals surface area contributed by atoms with Crippen LogP contribution in [-0.2, 0) is 6.42 Å².